The number of aliphatic carboxylic acids is 1. The molecule has 0 radical (unpaired) electrons. The zero-order chi connectivity index (χ0) is 27.2. The molecule has 0 bridgehead atoms. The number of nitrogens with zero attached hydrogens (tertiary/aromatic N) is 1. The van der Waals surface area contributed by atoms with Crippen LogP contribution in [0.5, 0.6) is 5.75 Å². The fourth-order valence-electron chi connectivity index (χ4n) is 3.87. The molecule has 7 nitrogen and oxygen atoms in total. The zero-order valence-corrected chi connectivity index (χ0v) is 20.0. The number of piperidine rings is 1. The van der Waals surface area contributed by atoms with E-state index < -0.39 is 25.0 Å². The van der Waals surface area contributed by atoms with Crippen molar-refractivity contribution < 1.29 is 33.1 Å². The first-order valence-corrected chi connectivity index (χ1v) is 11.8. The Morgan fingerprint density at radius 3 is 2.79 bits per heavy atom. The summed E-state index contributed by atoms with van der Waals surface area (Å²) in [6, 6.07) is 12.0. The molecule has 1 aliphatic rings. The van der Waals surface area contributed by atoms with Gasteiger partial charge in [-0.1, -0.05) is 41.9 Å². The molecule has 2 unspecified atom stereocenters. The molecule has 34 heavy (non-hydrogen) atoms. The first-order chi connectivity index (χ1) is 17.5. The number of ether oxygens (including phenoxy) is 2. The average Bonchev–Trinajstić information content (AvgIpc) is 2.83. The highest BCUT2D eigenvalue weighted by Gasteiger charge is 2.35. The second-order valence-corrected chi connectivity index (χ2v) is 9.21. The van der Waals surface area contributed by atoms with Crippen LogP contribution < -0.4 is 4.74 Å². The lowest BCUT2D eigenvalue weighted by molar-refractivity contribution is -0.147. The summed E-state index contributed by atoms with van der Waals surface area (Å²) in [4.78, 5) is 38.9. The summed E-state index contributed by atoms with van der Waals surface area (Å²) in [6.45, 7) is 0.612. The zero-order valence-electron chi connectivity index (χ0n) is 21.4. The van der Waals surface area contributed by atoms with Gasteiger partial charge in [-0.25, -0.2) is 9.59 Å². The number of likely N-dealkylation sites (tertiary alicyclic amines) is 1. The lowest BCUT2D eigenvalue weighted by Crippen LogP contribution is -2.43. The second kappa shape index (κ2) is 12.1. The highest BCUT2D eigenvalue weighted by Crippen LogP contribution is 2.35. The van der Waals surface area contributed by atoms with E-state index >= 15 is 0 Å². The van der Waals surface area contributed by atoms with Gasteiger partial charge in [-0.15, -0.1) is 11.8 Å². The summed E-state index contributed by atoms with van der Waals surface area (Å²) >= 11 is 7.65. The summed E-state index contributed by atoms with van der Waals surface area (Å²) in [5, 5.41) is 9.58. The van der Waals surface area contributed by atoms with Crippen molar-refractivity contribution in [2.45, 2.75) is 17.7 Å². The molecule has 1 heterocycles. The third-order valence-electron chi connectivity index (χ3n) is 5.47. The number of benzene rings is 2. The average molecular weight is 508 g/mol. The molecule has 2 aromatic rings. The van der Waals surface area contributed by atoms with E-state index in [-0.39, 0.29) is 29.1 Å². The molecule has 0 saturated carbocycles. The van der Waals surface area contributed by atoms with Gasteiger partial charge in [0, 0.05) is 35.0 Å². The fourth-order valence-corrected chi connectivity index (χ4v) is 5.25. The van der Waals surface area contributed by atoms with Crippen molar-refractivity contribution in [3.05, 3.63) is 76.3 Å². The molecule has 180 valence electrons. The van der Waals surface area contributed by atoms with E-state index in [0.29, 0.717) is 34.7 Å². The van der Waals surface area contributed by atoms with Crippen LogP contribution >= 0.6 is 23.4 Å². The Labute approximate surface area is 211 Å². The van der Waals surface area contributed by atoms with Gasteiger partial charge in [0.2, 0.25) is 0 Å². The number of thioether (sulfide) groups is 1. The first-order valence-electron chi connectivity index (χ1n) is 11.9. The van der Waals surface area contributed by atoms with E-state index in [4.69, 9.17) is 25.2 Å². The van der Waals surface area contributed by atoms with Crippen molar-refractivity contribution >= 4 is 41.1 Å². The number of hydrogen-bond acceptors (Lipinski definition) is 7. The Balaban J connectivity index is 1.75. The molecule has 2 aromatic carbocycles. The predicted molar refractivity (Wildman–Crippen MR) is 132 cm³/mol. The molecule has 1 saturated heterocycles. The topological polar surface area (TPSA) is 93.1 Å². The fraction of sp³-hybridized carbons (Fsp3) is 0.320. The predicted octanol–water partition coefficient (Wildman–Crippen LogP) is 4.26. The van der Waals surface area contributed by atoms with Gasteiger partial charge in [-0.2, -0.15) is 0 Å². The number of carbonyl (C=O) groups is 3. The summed E-state index contributed by atoms with van der Waals surface area (Å²) in [6.07, 6.45) is 1.59. The van der Waals surface area contributed by atoms with Crippen LogP contribution in [0.25, 0.3) is 0 Å². The number of carbonyl (C=O) groups excluding carboxylic acids is 2. The molecule has 1 N–H and O–H groups in total. The number of methoxy groups -OCH3 is 2. The minimum Gasteiger partial charge on any atom is -0.497 e. The molecule has 9 heteroatoms. The van der Waals surface area contributed by atoms with Crippen molar-refractivity contribution in [1.82, 2.24) is 4.90 Å². The summed E-state index contributed by atoms with van der Waals surface area (Å²) in [5.41, 5.74) is 1.41. The molecule has 0 aliphatic carbocycles. The van der Waals surface area contributed by atoms with E-state index in [1.165, 1.54) is 37.1 Å². The normalized spacial score (nSPS) is 20.0. The SMILES string of the molecule is [2H][13C]([2H])([2H])Oc1cccc(C(=O)CSC2CCN(C(C(=O)OC)c3ccccc3Cl)C/C2=C/C(=O)O)c1. The van der Waals surface area contributed by atoms with E-state index in [1.807, 2.05) is 4.90 Å². The molecule has 0 amide bonds. The molecule has 3 rings (SSSR count). The second-order valence-electron chi connectivity index (χ2n) is 7.62. The molecular formula is C25H26ClNO6S. The van der Waals surface area contributed by atoms with E-state index in [1.54, 1.807) is 30.3 Å². The summed E-state index contributed by atoms with van der Waals surface area (Å²) in [5.74, 6) is -1.78. The van der Waals surface area contributed by atoms with Crippen LogP contribution in [0.15, 0.2) is 60.2 Å². The van der Waals surface area contributed by atoms with Crippen LogP contribution in [0.2, 0.25) is 5.02 Å². The van der Waals surface area contributed by atoms with Gasteiger partial charge in [0.05, 0.1) is 24.0 Å². The van der Waals surface area contributed by atoms with Gasteiger partial charge in [0.15, 0.2) is 5.78 Å². The maximum absolute atomic E-state index is 12.8. The van der Waals surface area contributed by atoms with Crippen molar-refractivity contribution in [3.63, 3.8) is 0 Å². The first kappa shape index (κ1) is 21.7. The molecular weight excluding hydrogens is 479 g/mol. The Morgan fingerprint density at radius 2 is 2.09 bits per heavy atom. The maximum atomic E-state index is 12.8. The monoisotopic (exact) mass is 507 g/mol. The molecule has 1 aliphatic heterocycles. The smallest absolute Gasteiger partial charge is 0.328 e. The molecule has 0 spiro atoms. The minimum atomic E-state index is -2.63. The lowest BCUT2D eigenvalue weighted by atomic mass is 9.98. The molecule has 1 fully saturated rings. The van der Waals surface area contributed by atoms with Crippen molar-refractivity contribution in [3.8, 4) is 5.75 Å². The number of carboxylic acid groups (broad SMARTS) is 1. The van der Waals surface area contributed by atoms with Gasteiger partial charge < -0.3 is 14.6 Å². The quantitative estimate of drug-likeness (QED) is 0.233. The Morgan fingerprint density at radius 1 is 1.29 bits per heavy atom. The van der Waals surface area contributed by atoms with Gasteiger partial charge in [0.1, 0.15) is 11.8 Å². The van der Waals surface area contributed by atoms with Crippen LogP contribution in [0.4, 0.5) is 0 Å². The highest BCUT2D eigenvalue weighted by atomic mass is 35.5. The van der Waals surface area contributed by atoms with Crippen LogP contribution in [-0.4, -0.2) is 66.0 Å². The van der Waals surface area contributed by atoms with Crippen molar-refractivity contribution in [2.24, 2.45) is 0 Å². The Kier molecular flexibility index (Phi) is 7.70. The minimum absolute atomic E-state index is 0.0454. The maximum Gasteiger partial charge on any atom is 0.328 e. The number of esters is 1. The van der Waals surface area contributed by atoms with Crippen LogP contribution in [0.3, 0.4) is 0 Å². The van der Waals surface area contributed by atoms with E-state index in [2.05, 4.69) is 0 Å². The number of hydrogen-bond donors (Lipinski definition) is 1. The number of Topliss-reactive ketones (excluding diaryl/α,β-unsaturated/α-hetero) is 1. The molecule has 0 aromatic heterocycles. The van der Waals surface area contributed by atoms with Crippen LogP contribution in [-0.2, 0) is 14.3 Å². The lowest BCUT2D eigenvalue weighted by Gasteiger charge is -2.38. The van der Waals surface area contributed by atoms with E-state index in [9.17, 15) is 19.5 Å². The number of halogens is 1. The third kappa shape index (κ3) is 6.40. The number of carboxylic acids is 1. The number of ketones is 1. The van der Waals surface area contributed by atoms with Crippen molar-refractivity contribution in [1.29, 1.82) is 0 Å². The third-order valence-corrected chi connectivity index (χ3v) is 7.18. The molecule has 2 atom stereocenters. The van der Waals surface area contributed by atoms with Crippen LogP contribution in [0, 0.1) is 0 Å². The summed E-state index contributed by atoms with van der Waals surface area (Å²) < 4.78 is 31.5. The van der Waals surface area contributed by atoms with Gasteiger partial charge in [-0.3, -0.25) is 9.69 Å². The van der Waals surface area contributed by atoms with Gasteiger partial charge >= 0.3 is 11.9 Å². The van der Waals surface area contributed by atoms with Crippen molar-refractivity contribution in [2.75, 3.05) is 33.0 Å². The largest absolute Gasteiger partial charge is 0.497 e. The number of rotatable bonds is 9. The standard InChI is InChI=1S/C25H26ClNO6S/c1-32-18-7-5-6-16(12-18)21(28)15-34-22-10-11-27(14-17(22)13-23(29)30)24(25(31)33-2)19-8-3-4-9-20(19)26/h3-9,12-13,22,24H,10-11,14-15H2,1-2H3,(H,29,30)/b17-13-/i1+1D3. The van der Waals surface area contributed by atoms with Gasteiger partial charge in [0.25, 0.3) is 0 Å². The van der Waals surface area contributed by atoms with Gasteiger partial charge in [-0.05, 0) is 35.8 Å². The Bertz CT molecular complexity index is 1190. The Hall–Kier alpha value is -2.81. The highest BCUT2D eigenvalue weighted by molar-refractivity contribution is 8.00. The van der Waals surface area contributed by atoms with E-state index in [0.717, 1.165) is 6.08 Å². The summed E-state index contributed by atoms with van der Waals surface area (Å²) in [7, 11) is -1.35. The van der Waals surface area contributed by atoms with Crippen LogP contribution in [0.1, 0.15) is 32.5 Å².